The van der Waals surface area contributed by atoms with Crippen molar-refractivity contribution in [1.82, 2.24) is 0 Å². The van der Waals surface area contributed by atoms with Gasteiger partial charge in [0.15, 0.2) is 5.78 Å². The number of nitrogens with two attached hydrogens (primary N) is 1. The van der Waals surface area contributed by atoms with Crippen molar-refractivity contribution >= 4 is 22.8 Å². The largest absolute Gasteiger partial charge is 0.507 e. The summed E-state index contributed by atoms with van der Waals surface area (Å²) in [5.41, 5.74) is 8.08. The molecule has 0 saturated carbocycles. The van der Waals surface area contributed by atoms with Crippen LogP contribution >= 0.6 is 11.3 Å². The molecule has 0 amide bonds. The van der Waals surface area contributed by atoms with E-state index in [0.717, 1.165) is 5.56 Å². The number of ketones is 1. The normalized spacial score (nSPS) is 10.3. The average Bonchev–Trinajstić information content (AvgIpc) is 2.66. The highest BCUT2D eigenvalue weighted by Gasteiger charge is 2.13. The van der Waals surface area contributed by atoms with E-state index in [-0.39, 0.29) is 11.5 Å². The Morgan fingerprint density at radius 2 is 2.06 bits per heavy atom. The molecule has 2 rings (SSSR count). The van der Waals surface area contributed by atoms with Crippen LogP contribution in [0.5, 0.6) is 5.75 Å². The summed E-state index contributed by atoms with van der Waals surface area (Å²) in [7, 11) is 0. The van der Waals surface area contributed by atoms with E-state index in [1.807, 2.05) is 5.38 Å². The van der Waals surface area contributed by atoms with Crippen LogP contribution in [0.2, 0.25) is 0 Å². The Bertz CT molecular complexity index is 546. The highest BCUT2D eigenvalue weighted by molar-refractivity contribution is 7.08. The number of nitrogen functional groups attached to an aromatic ring is 1. The molecule has 0 unspecified atom stereocenters. The third-order valence-corrected chi connectivity index (χ3v) is 3.10. The van der Waals surface area contributed by atoms with Gasteiger partial charge in [-0.15, -0.1) is 0 Å². The van der Waals surface area contributed by atoms with Crippen LogP contribution in [0.1, 0.15) is 17.3 Å². The lowest BCUT2D eigenvalue weighted by atomic mass is 10.0. The van der Waals surface area contributed by atoms with Crippen LogP contribution < -0.4 is 5.73 Å². The molecule has 1 aromatic heterocycles. The second kappa shape index (κ2) is 3.98. The van der Waals surface area contributed by atoms with Crippen LogP contribution in [0.15, 0.2) is 29.0 Å². The molecule has 82 valence electrons. The highest BCUT2D eigenvalue weighted by atomic mass is 32.1. The van der Waals surface area contributed by atoms with Gasteiger partial charge in [-0.05, 0) is 24.4 Å². The van der Waals surface area contributed by atoms with E-state index in [4.69, 9.17) is 5.73 Å². The molecular formula is C12H11NO2S. The van der Waals surface area contributed by atoms with E-state index >= 15 is 0 Å². The molecule has 0 aliphatic carbocycles. The van der Waals surface area contributed by atoms with E-state index in [1.54, 1.807) is 17.5 Å². The van der Waals surface area contributed by atoms with Crippen molar-refractivity contribution in [3.63, 3.8) is 0 Å². The molecule has 3 N–H and O–H groups in total. The first-order valence-electron chi connectivity index (χ1n) is 4.75. The molecule has 0 saturated heterocycles. The summed E-state index contributed by atoms with van der Waals surface area (Å²) in [4.78, 5) is 11.4. The molecule has 0 aliphatic rings. The number of benzene rings is 1. The van der Waals surface area contributed by atoms with Crippen molar-refractivity contribution in [2.75, 3.05) is 5.73 Å². The summed E-state index contributed by atoms with van der Waals surface area (Å²) in [6.07, 6.45) is 0. The predicted octanol–water partition coefficient (Wildman–Crippen LogP) is 2.91. The maximum Gasteiger partial charge on any atom is 0.161 e. The Labute approximate surface area is 97.2 Å². The van der Waals surface area contributed by atoms with Crippen LogP contribution in [0.25, 0.3) is 11.1 Å². The van der Waals surface area contributed by atoms with Crippen molar-refractivity contribution in [2.24, 2.45) is 0 Å². The number of anilines is 1. The Kier molecular flexibility index (Phi) is 2.66. The number of aromatic hydroxyl groups is 1. The van der Waals surface area contributed by atoms with Gasteiger partial charge in [-0.25, -0.2) is 0 Å². The number of carbonyl (C=O) groups is 1. The molecule has 4 heteroatoms. The second-order valence-electron chi connectivity index (χ2n) is 3.53. The van der Waals surface area contributed by atoms with Gasteiger partial charge in [-0.2, -0.15) is 11.3 Å². The van der Waals surface area contributed by atoms with E-state index in [9.17, 15) is 9.90 Å². The molecule has 0 bridgehead atoms. The summed E-state index contributed by atoms with van der Waals surface area (Å²) in [5.74, 6) is 0.0911. The Hall–Kier alpha value is -1.81. The summed E-state index contributed by atoms with van der Waals surface area (Å²) >= 11 is 1.44. The number of phenols is 1. The minimum atomic E-state index is -0.00697. The maximum atomic E-state index is 11.4. The number of phenolic OH excluding ortho intramolecular Hbond substituents is 1. The van der Waals surface area contributed by atoms with Crippen molar-refractivity contribution in [3.05, 3.63) is 34.5 Å². The van der Waals surface area contributed by atoms with Crippen molar-refractivity contribution < 1.29 is 9.90 Å². The van der Waals surface area contributed by atoms with Crippen LogP contribution in [-0.4, -0.2) is 10.9 Å². The molecule has 1 aromatic carbocycles. The van der Waals surface area contributed by atoms with Gasteiger partial charge in [0.25, 0.3) is 0 Å². The van der Waals surface area contributed by atoms with Crippen LogP contribution in [0.4, 0.5) is 5.69 Å². The zero-order valence-corrected chi connectivity index (χ0v) is 9.54. The Balaban J connectivity index is 2.59. The summed E-state index contributed by atoms with van der Waals surface area (Å²) < 4.78 is 0. The molecule has 1 heterocycles. The Morgan fingerprint density at radius 1 is 1.31 bits per heavy atom. The lowest BCUT2D eigenvalue weighted by Gasteiger charge is -2.05. The van der Waals surface area contributed by atoms with Crippen LogP contribution in [0, 0.1) is 0 Å². The third-order valence-electron chi connectivity index (χ3n) is 2.35. The van der Waals surface area contributed by atoms with Crippen molar-refractivity contribution in [1.29, 1.82) is 0 Å². The minimum Gasteiger partial charge on any atom is -0.507 e. The van der Waals surface area contributed by atoms with E-state index < -0.39 is 0 Å². The van der Waals surface area contributed by atoms with Gasteiger partial charge >= 0.3 is 0 Å². The summed E-state index contributed by atoms with van der Waals surface area (Å²) in [5, 5.41) is 13.4. The van der Waals surface area contributed by atoms with Crippen LogP contribution in [0.3, 0.4) is 0 Å². The number of carbonyl (C=O) groups excluding carboxylic acids is 1. The monoisotopic (exact) mass is 233 g/mol. The second-order valence-corrected chi connectivity index (χ2v) is 4.28. The van der Waals surface area contributed by atoms with Gasteiger partial charge < -0.3 is 10.8 Å². The highest BCUT2D eigenvalue weighted by Crippen LogP contribution is 2.35. The molecule has 16 heavy (non-hydrogen) atoms. The predicted molar refractivity (Wildman–Crippen MR) is 65.8 cm³/mol. The lowest BCUT2D eigenvalue weighted by molar-refractivity contribution is 0.101. The topological polar surface area (TPSA) is 63.3 Å². The van der Waals surface area contributed by atoms with Crippen molar-refractivity contribution in [3.8, 4) is 16.9 Å². The number of rotatable bonds is 2. The lowest BCUT2D eigenvalue weighted by Crippen LogP contribution is -1.92. The molecule has 2 aromatic rings. The zero-order chi connectivity index (χ0) is 11.7. The van der Waals surface area contributed by atoms with Gasteiger partial charge in [0.05, 0.1) is 0 Å². The van der Waals surface area contributed by atoms with E-state index in [2.05, 4.69) is 0 Å². The first-order chi connectivity index (χ1) is 7.59. The molecule has 0 radical (unpaired) electrons. The van der Waals surface area contributed by atoms with Gasteiger partial charge in [-0.3, -0.25) is 4.79 Å². The standard InChI is InChI=1S/C12H11NO2S/c1-7(14)10-5-16-6-11(10)9-3-2-8(13)4-12(9)15/h2-6,15H,13H2,1H3. The third kappa shape index (κ3) is 1.79. The zero-order valence-electron chi connectivity index (χ0n) is 8.73. The SMILES string of the molecule is CC(=O)c1cscc1-c1ccc(N)cc1O. The first-order valence-corrected chi connectivity index (χ1v) is 5.70. The number of hydrogen-bond donors (Lipinski definition) is 2. The quantitative estimate of drug-likeness (QED) is 0.619. The molecular weight excluding hydrogens is 222 g/mol. The van der Waals surface area contributed by atoms with E-state index in [0.29, 0.717) is 16.8 Å². The fourth-order valence-corrected chi connectivity index (χ4v) is 2.44. The first kappa shape index (κ1) is 10.7. The number of hydrogen-bond acceptors (Lipinski definition) is 4. The minimum absolute atomic E-state index is 0.00697. The van der Waals surface area contributed by atoms with Gasteiger partial charge in [-0.1, -0.05) is 0 Å². The van der Waals surface area contributed by atoms with Gasteiger partial charge in [0, 0.05) is 33.8 Å². The molecule has 0 fully saturated rings. The fourth-order valence-electron chi connectivity index (χ4n) is 1.55. The van der Waals surface area contributed by atoms with Crippen molar-refractivity contribution in [2.45, 2.75) is 6.92 Å². The fraction of sp³-hybridized carbons (Fsp3) is 0.0833. The van der Waals surface area contributed by atoms with E-state index in [1.165, 1.54) is 24.3 Å². The molecule has 3 nitrogen and oxygen atoms in total. The Morgan fingerprint density at radius 3 is 2.69 bits per heavy atom. The van der Waals surface area contributed by atoms with Crippen LogP contribution in [-0.2, 0) is 0 Å². The molecule has 0 spiro atoms. The average molecular weight is 233 g/mol. The maximum absolute atomic E-state index is 11.4. The summed E-state index contributed by atoms with van der Waals surface area (Å²) in [6, 6.07) is 4.91. The molecule has 0 aliphatic heterocycles. The van der Waals surface area contributed by atoms with Gasteiger partial charge in [0.2, 0.25) is 0 Å². The molecule has 0 atom stereocenters. The summed E-state index contributed by atoms with van der Waals surface area (Å²) in [6.45, 7) is 1.51. The number of thiophene rings is 1. The van der Waals surface area contributed by atoms with Gasteiger partial charge in [0.1, 0.15) is 5.75 Å². The smallest absolute Gasteiger partial charge is 0.161 e. The number of Topliss-reactive ketones (excluding diaryl/α,β-unsaturated/α-hetero) is 1.